The molecule has 0 aliphatic carbocycles. The Morgan fingerprint density at radius 1 is 1.50 bits per heavy atom. The van der Waals surface area contributed by atoms with Crippen molar-refractivity contribution in [3.63, 3.8) is 0 Å². The number of hydrogen-bond acceptors (Lipinski definition) is 5. The summed E-state index contributed by atoms with van der Waals surface area (Å²) in [7, 11) is 0. The van der Waals surface area contributed by atoms with Gasteiger partial charge in [-0.05, 0) is 19.9 Å². The molecule has 2 heterocycles. The van der Waals surface area contributed by atoms with Gasteiger partial charge in [-0.3, -0.25) is 9.59 Å². The molecule has 7 heteroatoms. The van der Waals surface area contributed by atoms with Crippen LogP contribution in [0, 0.1) is 6.92 Å². The Labute approximate surface area is 120 Å². The zero-order valence-electron chi connectivity index (χ0n) is 11.2. The van der Waals surface area contributed by atoms with Crippen molar-refractivity contribution in [2.24, 2.45) is 0 Å². The summed E-state index contributed by atoms with van der Waals surface area (Å²) >= 11 is 1.55. The molecule has 0 aliphatic rings. The number of rotatable bonds is 5. The molecule has 2 aromatic rings. The van der Waals surface area contributed by atoms with Crippen LogP contribution in [0.2, 0.25) is 0 Å². The van der Waals surface area contributed by atoms with Crippen LogP contribution in [0.5, 0.6) is 0 Å². The van der Waals surface area contributed by atoms with Crippen LogP contribution < -0.4 is 5.32 Å². The van der Waals surface area contributed by atoms with E-state index in [0.717, 1.165) is 16.3 Å². The van der Waals surface area contributed by atoms with E-state index in [0.29, 0.717) is 12.3 Å². The lowest BCUT2D eigenvalue weighted by atomic mass is 10.2. The van der Waals surface area contributed by atoms with E-state index in [4.69, 9.17) is 4.74 Å². The highest BCUT2D eigenvalue weighted by Crippen LogP contribution is 2.22. The summed E-state index contributed by atoms with van der Waals surface area (Å²) in [4.78, 5) is 30.2. The highest BCUT2D eigenvalue weighted by molar-refractivity contribution is 7.09. The van der Waals surface area contributed by atoms with Gasteiger partial charge >= 0.3 is 5.97 Å². The molecule has 0 aliphatic heterocycles. The first-order valence-electron chi connectivity index (χ1n) is 6.15. The summed E-state index contributed by atoms with van der Waals surface area (Å²) in [5, 5.41) is 5.39. The number of carbonyl (C=O) groups excluding carboxylic acids is 2. The van der Waals surface area contributed by atoms with Crippen LogP contribution in [-0.2, 0) is 9.53 Å². The number of ether oxygens (including phenoxy) is 1. The third kappa shape index (κ3) is 3.45. The molecule has 2 N–H and O–H groups in total. The summed E-state index contributed by atoms with van der Waals surface area (Å²) in [6.07, 6.45) is 1.72. The molecule has 0 spiro atoms. The molecule has 6 nitrogen and oxygen atoms in total. The number of esters is 1. The zero-order chi connectivity index (χ0) is 14.5. The Hall–Kier alpha value is -2.15. The largest absolute Gasteiger partial charge is 0.465 e. The summed E-state index contributed by atoms with van der Waals surface area (Å²) in [5.41, 5.74) is 2.05. The normalized spacial score (nSPS) is 10.3. The summed E-state index contributed by atoms with van der Waals surface area (Å²) < 4.78 is 4.73. The second-order valence-corrected chi connectivity index (χ2v) is 5.10. The number of thiazole rings is 1. The third-order valence-electron chi connectivity index (χ3n) is 2.54. The van der Waals surface area contributed by atoms with E-state index >= 15 is 0 Å². The maximum absolute atomic E-state index is 11.8. The smallest absolute Gasteiger partial charge is 0.325 e. The average molecular weight is 293 g/mol. The maximum Gasteiger partial charge on any atom is 0.325 e. The highest BCUT2D eigenvalue weighted by atomic mass is 32.1. The molecule has 2 rings (SSSR count). The molecule has 0 unspecified atom stereocenters. The van der Waals surface area contributed by atoms with Gasteiger partial charge in [0, 0.05) is 17.1 Å². The molecular weight excluding hydrogens is 278 g/mol. The van der Waals surface area contributed by atoms with E-state index in [-0.39, 0.29) is 12.5 Å². The Kier molecular flexibility index (Phi) is 4.52. The fraction of sp³-hybridized carbons (Fsp3) is 0.308. The molecule has 1 amide bonds. The minimum Gasteiger partial charge on any atom is -0.465 e. The predicted molar refractivity (Wildman–Crippen MR) is 75.6 cm³/mol. The van der Waals surface area contributed by atoms with Gasteiger partial charge in [-0.15, -0.1) is 11.3 Å². The fourth-order valence-corrected chi connectivity index (χ4v) is 2.25. The number of hydrogen-bond donors (Lipinski definition) is 2. The number of aromatic nitrogens is 2. The third-order valence-corrected chi connectivity index (χ3v) is 3.31. The van der Waals surface area contributed by atoms with Gasteiger partial charge in [0.1, 0.15) is 12.2 Å². The van der Waals surface area contributed by atoms with E-state index in [2.05, 4.69) is 15.3 Å². The predicted octanol–water partition coefficient (Wildman–Crippen LogP) is 1.74. The van der Waals surface area contributed by atoms with Crippen molar-refractivity contribution < 1.29 is 14.3 Å². The summed E-state index contributed by atoms with van der Waals surface area (Å²) in [6, 6.07) is 1.70. The van der Waals surface area contributed by atoms with Crippen molar-refractivity contribution in [2.75, 3.05) is 13.2 Å². The van der Waals surface area contributed by atoms with Crippen LogP contribution in [0.25, 0.3) is 11.3 Å². The Morgan fingerprint density at radius 3 is 2.95 bits per heavy atom. The average Bonchev–Trinajstić information content (AvgIpc) is 3.04. The fourth-order valence-electron chi connectivity index (χ4n) is 1.63. The Morgan fingerprint density at radius 2 is 2.30 bits per heavy atom. The standard InChI is InChI=1S/C13H15N3O3S/c1-3-19-12(17)6-15-13(18)10-4-9(5-14-10)11-7-20-8(2)16-11/h4-5,7,14H,3,6H2,1-2H3,(H,15,18). The first-order valence-corrected chi connectivity index (χ1v) is 7.03. The van der Waals surface area contributed by atoms with Gasteiger partial charge in [-0.25, -0.2) is 4.98 Å². The molecule has 0 radical (unpaired) electrons. The number of carbonyl (C=O) groups is 2. The summed E-state index contributed by atoms with van der Waals surface area (Å²) in [6.45, 7) is 3.79. The van der Waals surface area contributed by atoms with Crippen molar-refractivity contribution in [1.29, 1.82) is 0 Å². The van der Waals surface area contributed by atoms with Gasteiger partial charge in [0.25, 0.3) is 5.91 Å². The van der Waals surface area contributed by atoms with Crippen LogP contribution in [0.1, 0.15) is 22.4 Å². The maximum atomic E-state index is 11.8. The first kappa shape index (κ1) is 14.3. The monoisotopic (exact) mass is 293 g/mol. The number of nitrogens with zero attached hydrogens (tertiary/aromatic N) is 1. The zero-order valence-corrected chi connectivity index (χ0v) is 12.0. The number of H-pyrrole nitrogens is 1. The van der Waals surface area contributed by atoms with Gasteiger partial charge in [0.2, 0.25) is 0 Å². The number of aromatic amines is 1. The van der Waals surface area contributed by atoms with E-state index < -0.39 is 5.97 Å². The van der Waals surface area contributed by atoms with Crippen molar-refractivity contribution >= 4 is 23.2 Å². The van der Waals surface area contributed by atoms with Crippen molar-refractivity contribution in [3.8, 4) is 11.3 Å². The lowest BCUT2D eigenvalue weighted by molar-refractivity contribution is -0.141. The molecule has 0 bridgehead atoms. The molecule has 0 saturated carbocycles. The highest BCUT2D eigenvalue weighted by Gasteiger charge is 2.12. The molecule has 106 valence electrons. The molecular formula is C13H15N3O3S. The van der Waals surface area contributed by atoms with Gasteiger partial charge in [-0.1, -0.05) is 0 Å². The van der Waals surface area contributed by atoms with Crippen molar-refractivity contribution in [2.45, 2.75) is 13.8 Å². The van der Waals surface area contributed by atoms with Crippen LogP contribution >= 0.6 is 11.3 Å². The number of nitrogens with one attached hydrogen (secondary N) is 2. The van der Waals surface area contributed by atoms with Gasteiger partial charge in [0.15, 0.2) is 0 Å². The van der Waals surface area contributed by atoms with E-state index in [1.54, 1.807) is 30.5 Å². The van der Waals surface area contributed by atoms with Crippen LogP contribution in [0.3, 0.4) is 0 Å². The molecule has 0 fully saturated rings. The van der Waals surface area contributed by atoms with Gasteiger partial charge in [-0.2, -0.15) is 0 Å². The molecule has 0 aromatic carbocycles. The van der Waals surface area contributed by atoms with Crippen LogP contribution in [0.4, 0.5) is 0 Å². The minimum absolute atomic E-state index is 0.142. The Bertz CT molecular complexity index is 618. The number of amides is 1. The molecule has 20 heavy (non-hydrogen) atoms. The SMILES string of the molecule is CCOC(=O)CNC(=O)c1cc(-c2csc(C)n2)c[nH]1. The lowest BCUT2D eigenvalue weighted by Crippen LogP contribution is -2.30. The minimum atomic E-state index is -0.456. The second-order valence-electron chi connectivity index (χ2n) is 4.04. The van der Waals surface area contributed by atoms with Gasteiger partial charge in [0.05, 0.1) is 17.3 Å². The van der Waals surface area contributed by atoms with E-state index in [9.17, 15) is 9.59 Å². The molecule has 0 saturated heterocycles. The summed E-state index contributed by atoms with van der Waals surface area (Å²) in [5.74, 6) is -0.806. The van der Waals surface area contributed by atoms with Gasteiger partial charge < -0.3 is 15.0 Å². The van der Waals surface area contributed by atoms with Crippen LogP contribution in [-0.4, -0.2) is 35.0 Å². The molecule has 0 atom stereocenters. The van der Waals surface area contributed by atoms with Crippen LogP contribution in [0.15, 0.2) is 17.6 Å². The lowest BCUT2D eigenvalue weighted by Gasteiger charge is -2.03. The topological polar surface area (TPSA) is 84.1 Å². The Balaban J connectivity index is 1.98. The molecule has 2 aromatic heterocycles. The van der Waals surface area contributed by atoms with E-state index in [1.165, 1.54) is 0 Å². The van der Waals surface area contributed by atoms with Crippen molar-refractivity contribution in [1.82, 2.24) is 15.3 Å². The van der Waals surface area contributed by atoms with E-state index in [1.807, 2.05) is 12.3 Å². The second kappa shape index (κ2) is 6.33. The first-order chi connectivity index (χ1) is 9.60. The van der Waals surface area contributed by atoms with Crippen molar-refractivity contribution in [3.05, 3.63) is 28.3 Å². The quantitative estimate of drug-likeness (QED) is 0.822. The number of aryl methyl sites for hydroxylation is 1.